The van der Waals surface area contributed by atoms with Gasteiger partial charge in [0.15, 0.2) is 0 Å². The van der Waals surface area contributed by atoms with E-state index >= 15 is 0 Å². The summed E-state index contributed by atoms with van der Waals surface area (Å²) in [5, 5.41) is 64.9. The van der Waals surface area contributed by atoms with Crippen LogP contribution >= 0.6 is 37.2 Å². The number of rotatable bonds is 36. The Morgan fingerprint density at radius 3 is 1.06 bits per heavy atom. The second-order valence-electron chi connectivity index (χ2n) is 12.1. The number of nitrogens with one attached hydrogen (secondary N) is 3. The summed E-state index contributed by atoms with van der Waals surface area (Å²) >= 11 is 5.30. The molecule has 0 aromatic rings. The molecular weight excluding hydrogens is 1060 g/mol. The average molecular weight is 1120 g/mol. The summed E-state index contributed by atoms with van der Waals surface area (Å²) in [5.74, 6) is -6.68. The van der Waals surface area contributed by atoms with Gasteiger partial charge in [-0.2, -0.15) is 0 Å². The van der Waals surface area contributed by atoms with E-state index in [1.165, 1.54) is 9.80 Å². The van der Waals surface area contributed by atoms with Gasteiger partial charge in [0.05, 0.1) is 39.3 Å². The monoisotopic (exact) mass is 1120 g/mol. The fraction of sp³-hybridized carbons (Fsp3) is 0.800. The Bertz CT molecular complexity index is 1040. The fourth-order valence-electron chi connectivity index (χ4n) is 4.97. The number of aliphatic carboxylic acids is 6. The quantitative estimate of drug-likeness (QED) is 0.0209. The Hall–Kier alpha value is -1.35. The summed E-state index contributed by atoms with van der Waals surface area (Å²) in [4.78, 5) is 77.4. The summed E-state index contributed by atoms with van der Waals surface area (Å²) < 4.78 is 0. The van der Waals surface area contributed by atoms with E-state index in [2.05, 4.69) is 58.1 Å². The van der Waals surface area contributed by atoms with Gasteiger partial charge in [-0.3, -0.25) is 58.2 Å². The van der Waals surface area contributed by atoms with Gasteiger partial charge in [-0.15, -0.1) is 0 Å². The molecular formula is C30H59I3N9O12-. The molecule has 0 aromatic carbocycles. The van der Waals surface area contributed by atoms with E-state index < -0.39 is 62.0 Å². The van der Waals surface area contributed by atoms with E-state index in [1.807, 2.05) is 11.9 Å². The first-order chi connectivity index (χ1) is 25.5. The predicted molar refractivity (Wildman–Crippen MR) is 213 cm³/mol. The minimum absolute atomic E-state index is 0.0615. The van der Waals surface area contributed by atoms with Gasteiger partial charge in [0.1, 0.15) is 0 Å². The van der Waals surface area contributed by atoms with E-state index in [4.69, 9.17) is 15.3 Å². The van der Waals surface area contributed by atoms with Gasteiger partial charge in [-0.1, -0.05) is 0 Å². The zero-order valence-corrected chi connectivity index (χ0v) is 37.5. The third-order valence-corrected chi connectivity index (χ3v) is 7.56. The number of nitrogens with zero attached hydrogens (tertiary/aromatic N) is 6. The van der Waals surface area contributed by atoms with Crippen LogP contribution in [0.5, 0.6) is 0 Å². The maximum absolute atomic E-state index is 11.6. The molecule has 0 atom stereocenters. The van der Waals surface area contributed by atoms with Gasteiger partial charge in [0.25, 0.3) is 0 Å². The number of carboxylic acids is 6. The zero-order valence-electron chi connectivity index (χ0n) is 31.0. The van der Waals surface area contributed by atoms with Crippen molar-refractivity contribution in [2.75, 3.05) is 158 Å². The standard InChI is InChI=1S/C30H59N9O12.I3/c1-31-3-4-32-5-8-35(13-15-37(20-26(42)43)16-18-39(23-29(48)49)24-30(50)51)9-6-33-7-10-36(12-11-34(2)19-25(40)41)14-17-38(21-27(44)45)22-28(46)47;1-3-2/h31-33H,3-24H2,1-2H3,(H,40,41)(H,42,43)(H,44,45)(H,46,47)(H,48,49)(H,50,51);/q;-1. The number of carboxylic acid groups (broad SMARTS) is 6. The molecule has 54 heavy (non-hydrogen) atoms. The topological polar surface area (TPSA) is 279 Å². The molecule has 0 spiro atoms. The number of halogens is 3. The van der Waals surface area contributed by atoms with E-state index in [1.54, 1.807) is 16.8 Å². The maximum atomic E-state index is 11.6. The number of hydrogen-bond donors (Lipinski definition) is 9. The molecule has 9 N–H and O–H groups in total. The SMILES string of the molecule is CNCCNCCN(CCNCCN(CCN(C)CC(=O)O)CCN(CC(=O)O)CC(=O)O)CCN(CCN(CC(=O)O)CC(=O)O)CC(=O)O.I[I-]I. The van der Waals surface area contributed by atoms with Crippen molar-refractivity contribution < 1.29 is 72.7 Å². The van der Waals surface area contributed by atoms with Crippen molar-refractivity contribution in [1.29, 1.82) is 0 Å². The van der Waals surface area contributed by atoms with E-state index in [-0.39, 0.29) is 32.7 Å². The Morgan fingerprint density at radius 1 is 0.426 bits per heavy atom. The van der Waals surface area contributed by atoms with Crippen LogP contribution in [0.25, 0.3) is 0 Å². The third kappa shape index (κ3) is 37.6. The molecule has 0 saturated carbocycles. The van der Waals surface area contributed by atoms with Crippen LogP contribution in [0.15, 0.2) is 0 Å². The third-order valence-electron chi connectivity index (χ3n) is 7.56. The van der Waals surface area contributed by atoms with Crippen LogP contribution in [-0.4, -0.2) is 254 Å². The second kappa shape index (κ2) is 36.0. The van der Waals surface area contributed by atoms with Gasteiger partial charge in [0.2, 0.25) is 0 Å². The normalized spacial score (nSPS) is 11.5. The van der Waals surface area contributed by atoms with Crippen LogP contribution in [-0.2, 0) is 28.8 Å². The minimum atomic E-state index is -1.18. The molecule has 0 rings (SSSR count). The van der Waals surface area contributed by atoms with Crippen molar-refractivity contribution in [1.82, 2.24) is 45.3 Å². The van der Waals surface area contributed by atoms with Gasteiger partial charge in [-0.05, 0) is 14.1 Å². The average Bonchev–Trinajstić information content (AvgIpc) is 3.04. The molecule has 0 saturated heterocycles. The molecule has 0 aliphatic carbocycles. The van der Waals surface area contributed by atoms with Crippen LogP contribution < -0.4 is 29.2 Å². The van der Waals surface area contributed by atoms with Gasteiger partial charge in [-0.25, -0.2) is 0 Å². The molecule has 0 radical (unpaired) electrons. The summed E-state index contributed by atoms with van der Waals surface area (Å²) in [7, 11) is 3.52. The Morgan fingerprint density at radius 2 is 0.704 bits per heavy atom. The van der Waals surface area contributed by atoms with Gasteiger partial charge < -0.3 is 46.6 Å². The van der Waals surface area contributed by atoms with Crippen molar-refractivity contribution in [2.24, 2.45) is 0 Å². The van der Waals surface area contributed by atoms with Crippen LogP contribution in [0, 0.1) is 0 Å². The Kier molecular flexibility index (Phi) is 36.5. The number of hydrogen-bond acceptors (Lipinski definition) is 15. The molecule has 0 bridgehead atoms. The van der Waals surface area contributed by atoms with Gasteiger partial charge >= 0.3 is 86.3 Å². The molecule has 0 heterocycles. The first-order valence-electron chi connectivity index (χ1n) is 17.1. The Labute approximate surface area is 346 Å². The number of carbonyl (C=O) groups is 6. The molecule has 0 fully saturated rings. The van der Waals surface area contributed by atoms with Crippen molar-refractivity contribution in [2.45, 2.75) is 0 Å². The first kappa shape index (κ1) is 54.7. The molecule has 24 heteroatoms. The van der Waals surface area contributed by atoms with E-state index in [0.717, 1.165) is 13.1 Å². The molecule has 0 aliphatic heterocycles. The van der Waals surface area contributed by atoms with Crippen molar-refractivity contribution >= 4 is 73.0 Å². The second-order valence-corrected chi connectivity index (χ2v) is 28.4. The predicted octanol–water partition coefficient (Wildman–Crippen LogP) is -5.89. The van der Waals surface area contributed by atoms with Gasteiger partial charge in [0, 0.05) is 105 Å². The summed E-state index contributed by atoms with van der Waals surface area (Å²) in [6.07, 6.45) is 0. The van der Waals surface area contributed by atoms with E-state index in [0.29, 0.717) is 85.2 Å². The molecule has 0 aromatic heterocycles. The summed E-state index contributed by atoms with van der Waals surface area (Å²) in [6.45, 7) is 5.33. The Balaban J connectivity index is 0. The summed E-state index contributed by atoms with van der Waals surface area (Å²) in [5.41, 5.74) is 0. The molecule has 0 aliphatic rings. The number of likely N-dealkylation sites (N-methyl/N-ethyl adjacent to an activating group) is 2. The van der Waals surface area contributed by atoms with Crippen LogP contribution in [0.2, 0.25) is 0 Å². The van der Waals surface area contributed by atoms with Crippen molar-refractivity contribution in [3.8, 4) is 0 Å². The fourth-order valence-corrected chi connectivity index (χ4v) is 4.97. The van der Waals surface area contributed by atoms with E-state index in [9.17, 15) is 44.1 Å². The molecule has 0 amide bonds. The van der Waals surface area contributed by atoms with Crippen LogP contribution in [0.4, 0.5) is 0 Å². The van der Waals surface area contributed by atoms with Crippen molar-refractivity contribution in [3.63, 3.8) is 0 Å². The molecule has 318 valence electrons. The zero-order chi connectivity index (χ0) is 41.3. The van der Waals surface area contributed by atoms with Crippen LogP contribution in [0.3, 0.4) is 0 Å². The molecule has 0 unspecified atom stereocenters. The molecule has 21 nitrogen and oxygen atoms in total. The van der Waals surface area contributed by atoms with Crippen LogP contribution in [0.1, 0.15) is 0 Å². The first-order valence-corrected chi connectivity index (χ1v) is 29.6. The summed E-state index contributed by atoms with van der Waals surface area (Å²) in [6, 6.07) is 0. The van der Waals surface area contributed by atoms with Crippen molar-refractivity contribution in [3.05, 3.63) is 0 Å².